The number of nitrogens with zero attached hydrogens (tertiary/aromatic N) is 1. The minimum absolute atomic E-state index is 0.0797. The van der Waals surface area contributed by atoms with Gasteiger partial charge < -0.3 is 5.32 Å². The highest BCUT2D eigenvalue weighted by molar-refractivity contribution is 8.71. The van der Waals surface area contributed by atoms with Crippen LogP contribution in [-0.4, -0.2) is 37.8 Å². The smallest absolute Gasteiger partial charge is 0.283 e. The summed E-state index contributed by atoms with van der Waals surface area (Å²) in [7, 11) is -2.49. The van der Waals surface area contributed by atoms with Gasteiger partial charge in [-0.05, 0) is 22.9 Å². The summed E-state index contributed by atoms with van der Waals surface area (Å²) in [6, 6.07) is 3.70. The molecule has 1 rings (SSSR count). The van der Waals surface area contributed by atoms with Gasteiger partial charge in [0.1, 0.15) is 5.56 Å². The van der Waals surface area contributed by atoms with Crippen molar-refractivity contribution in [2.24, 2.45) is 0 Å². The standard InChI is InChI=1S/C10H11ClN2O5S2/c1-20(17,18)19-5-4-12-10(14)8-3-2-7(11)6-9(8)13(15)16/h2-3,6H,4-5H2,1H3,(H,12,14). The summed E-state index contributed by atoms with van der Waals surface area (Å²) in [5.41, 5.74) is -0.519. The molecule has 1 aromatic rings. The first-order chi connectivity index (χ1) is 9.20. The second-order valence-electron chi connectivity index (χ2n) is 3.70. The van der Waals surface area contributed by atoms with E-state index < -0.39 is 25.4 Å². The molecule has 1 aromatic carbocycles. The van der Waals surface area contributed by atoms with Crippen molar-refractivity contribution < 1.29 is 18.1 Å². The van der Waals surface area contributed by atoms with Crippen molar-refractivity contribution in [1.82, 2.24) is 5.32 Å². The van der Waals surface area contributed by atoms with Crippen LogP contribution in [0.1, 0.15) is 10.4 Å². The molecule has 7 nitrogen and oxygen atoms in total. The summed E-state index contributed by atoms with van der Waals surface area (Å²) >= 11 is 5.64. The molecule has 0 radical (unpaired) electrons. The number of carbonyl (C=O) groups is 1. The first-order valence-electron chi connectivity index (χ1n) is 5.27. The Morgan fingerprint density at radius 2 is 2.15 bits per heavy atom. The Morgan fingerprint density at radius 1 is 1.50 bits per heavy atom. The van der Waals surface area contributed by atoms with E-state index in [1.165, 1.54) is 12.1 Å². The molecule has 0 bridgehead atoms. The number of carbonyl (C=O) groups excluding carboxylic acids is 1. The molecule has 0 spiro atoms. The van der Waals surface area contributed by atoms with Crippen LogP contribution in [0.3, 0.4) is 0 Å². The molecule has 0 fully saturated rings. The fraction of sp³-hybridized carbons (Fsp3) is 0.300. The molecule has 110 valence electrons. The van der Waals surface area contributed by atoms with Crippen molar-refractivity contribution in [2.75, 3.05) is 18.6 Å². The number of nitro groups is 1. The molecule has 0 aliphatic carbocycles. The zero-order valence-corrected chi connectivity index (χ0v) is 12.7. The van der Waals surface area contributed by atoms with Crippen molar-refractivity contribution >= 4 is 42.9 Å². The summed E-state index contributed by atoms with van der Waals surface area (Å²) in [5.74, 6) is -0.492. The van der Waals surface area contributed by atoms with Crippen molar-refractivity contribution in [3.63, 3.8) is 0 Å². The number of benzene rings is 1. The monoisotopic (exact) mass is 338 g/mol. The number of hydrogen-bond acceptors (Lipinski definition) is 6. The van der Waals surface area contributed by atoms with Gasteiger partial charge in [-0.25, -0.2) is 8.42 Å². The normalized spacial score (nSPS) is 11.1. The number of nitro benzene ring substituents is 1. The topological polar surface area (TPSA) is 106 Å². The molecule has 0 heterocycles. The minimum Gasteiger partial charge on any atom is -0.351 e. The zero-order chi connectivity index (χ0) is 15.3. The Bertz CT molecular complexity index is 633. The van der Waals surface area contributed by atoms with Gasteiger partial charge in [0.25, 0.3) is 11.6 Å². The van der Waals surface area contributed by atoms with E-state index in [1.54, 1.807) is 0 Å². The van der Waals surface area contributed by atoms with Crippen LogP contribution in [-0.2, 0) is 8.87 Å². The average Bonchev–Trinajstić information content (AvgIpc) is 2.33. The highest BCUT2D eigenvalue weighted by atomic mass is 35.5. The third-order valence-electron chi connectivity index (χ3n) is 2.09. The van der Waals surface area contributed by atoms with E-state index in [2.05, 4.69) is 5.32 Å². The second-order valence-corrected chi connectivity index (χ2v) is 8.71. The molecule has 0 saturated heterocycles. The third-order valence-corrected chi connectivity index (χ3v) is 4.90. The maximum atomic E-state index is 11.8. The minimum atomic E-state index is -3.17. The first-order valence-corrected chi connectivity index (χ1v) is 9.04. The van der Waals surface area contributed by atoms with Crippen molar-refractivity contribution in [2.45, 2.75) is 0 Å². The Morgan fingerprint density at radius 3 is 2.70 bits per heavy atom. The number of halogens is 1. The van der Waals surface area contributed by atoms with Crippen molar-refractivity contribution in [3.05, 3.63) is 38.9 Å². The molecule has 0 aromatic heterocycles. The van der Waals surface area contributed by atoms with Crippen molar-refractivity contribution in [1.29, 1.82) is 0 Å². The fourth-order valence-corrected chi connectivity index (χ4v) is 3.11. The van der Waals surface area contributed by atoms with Crippen LogP contribution < -0.4 is 5.32 Å². The second kappa shape index (κ2) is 6.91. The number of amides is 1. The number of nitrogens with one attached hydrogen (secondary N) is 1. The molecule has 0 aliphatic rings. The predicted molar refractivity (Wildman–Crippen MR) is 77.7 cm³/mol. The molecule has 1 amide bonds. The Hall–Kier alpha value is -1.32. The van der Waals surface area contributed by atoms with Crippen LogP contribution in [0.15, 0.2) is 18.2 Å². The van der Waals surface area contributed by atoms with Gasteiger partial charge in [-0.1, -0.05) is 11.6 Å². The highest BCUT2D eigenvalue weighted by Gasteiger charge is 2.20. The maximum absolute atomic E-state index is 11.8. The lowest BCUT2D eigenvalue weighted by Crippen LogP contribution is -2.26. The van der Waals surface area contributed by atoms with Crippen LogP contribution >= 0.6 is 22.4 Å². The van der Waals surface area contributed by atoms with Crippen molar-refractivity contribution in [3.8, 4) is 0 Å². The Balaban J connectivity index is 2.71. The molecule has 0 saturated carbocycles. The number of rotatable bonds is 6. The molecule has 0 atom stereocenters. The molecular formula is C10H11ClN2O5S2. The van der Waals surface area contributed by atoms with Crippen LogP contribution in [0.4, 0.5) is 5.69 Å². The lowest BCUT2D eigenvalue weighted by Gasteiger charge is -2.05. The lowest BCUT2D eigenvalue weighted by atomic mass is 10.1. The lowest BCUT2D eigenvalue weighted by molar-refractivity contribution is -0.385. The molecular weight excluding hydrogens is 328 g/mol. The summed E-state index contributed by atoms with van der Waals surface area (Å²) in [4.78, 5) is 21.9. The molecule has 0 aliphatic heterocycles. The maximum Gasteiger partial charge on any atom is 0.283 e. The van der Waals surface area contributed by atoms with E-state index in [0.717, 1.165) is 12.3 Å². The zero-order valence-electron chi connectivity index (χ0n) is 10.3. The van der Waals surface area contributed by atoms with E-state index in [-0.39, 0.29) is 22.9 Å². The van der Waals surface area contributed by atoms with Gasteiger partial charge in [0.2, 0.25) is 0 Å². The van der Waals surface area contributed by atoms with E-state index in [1.807, 2.05) is 0 Å². The van der Waals surface area contributed by atoms with Gasteiger partial charge in [-0.2, -0.15) is 0 Å². The predicted octanol–water partition coefficient (Wildman–Crippen LogP) is 1.67. The SMILES string of the molecule is CS(=O)(=O)SCCNC(=O)c1ccc(Cl)cc1[N+](=O)[O-]. The van der Waals surface area contributed by atoms with Gasteiger partial charge in [-0.15, -0.1) is 0 Å². The van der Waals surface area contributed by atoms with Crippen LogP contribution in [0, 0.1) is 10.1 Å². The average molecular weight is 339 g/mol. The quantitative estimate of drug-likeness (QED) is 0.366. The summed E-state index contributed by atoms with van der Waals surface area (Å²) in [5, 5.41) is 13.4. The molecule has 10 heteroatoms. The largest absolute Gasteiger partial charge is 0.351 e. The van der Waals surface area contributed by atoms with E-state index >= 15 is 0 Å². The molecule has 1 N–H and O–H groups in total. The third kappa shape index (κ3) is 5.35. The fourth-order valence-electron chi connectivity index (χ4n) is 1.30. The summed E-state index contributed by atoms with van der Waals surface area (Å²) in [6.07, 6.45) is 1.06. The summed E-state index contributed by atoms with van der Waals surface area (Å²) < 4.78 is 21.7. The van der Waals surface area contributed by atoms with Gasteiger partial charge in [0.05, 0.1) is 4.92 Å². The van der Waals surface area contributed by atoms with E-state index in [0.29, 0.717) is 10.8 Å². The molecule has 20 heavy (non-hydrogen) atoms. The number of hydrogen-bond donors (Lipinski definition) is 1. The van der Waals surface area contributed by atoms with Crippen LogP contribution in [0.5, 0.6) is 0 Å². The van der Waals surface area contributed by atoms with Crippen LogP contribution in [0.25, 0.3) is 0 Å². The first kappa shape index (κ1) is 16.7. The summed E-state index contributed by atoms with van der Waals surface area (Å²) in [6.45, 7) is 0.0797. The van der Waals surface area contributed by atoms with Gasteiger partial charge in [-0.3, -0.25) is 14.9 Å². The van der Waals surface area contributed by atoms with E-state index in [9.17, 15) is 23.3 Å². The van der Waals surface area contributed by atoms with Gasteiger partial charge in [0, 0.05) is 29.6 Å². The highest BCUT2D eigenvalue weighted by Crippen LogP contribution is 2.23. The van der Waals surface area contributed by atoms with Gasteiger partial charge >= 0.3 is 0 Å². The van der Waals surface area contributed by atoms with E-state index in [4.69, 9.17) is 11.6 Å². The van der Waals surface area contributed by atoms with Crippen LogP contribution in [0.2, 0.25) is 5.02 Å². The Kier molecular flexibility index (Phi) is 5.78. The molecule has 0 unspecified atom stereocenters. The Labute approximate surface area is 124 Å². The van der Waals surface area contributed by atoms with Gasteiger partial charge in [0.15, 0.2) is 8.87 Å².